The standard InChI is InChI=1S/C16H15N3O2/c1-2-21-16-14(4-3-8-18-16)19-15(20)12-5-6-13-11(10-12)7-9-17-13/h3-10,17H,2H2,1H3,(H,19,20). The predicted octanol–water partition coefficient (Wildman–Crippen LogP) is 3.21. The largest absolute Gasteiger partial charge is 0.476 e. The van der Waals surface area contributed by atoms with Crippen molar-refractivity contribution < 1.29 is 9.53 Å². The van der Waals surface area contributed by atoms with Gasteiger partial charge in [0, 0.05) is 28.9 Å². The molecule has 3 rings (SSSR count). The number of H-pyrrole nitrogens is 1. The van der Waals surface area contributed by atoms with Crippen LogP contribution >= 0.6 is 0 Å². The molecule has 0 fully saturated rings. The predicted molar refractivity (Wildman–Crippen MR) is 81.7 cm³/mol. The first-order chi connectivity index (χ1) is 10.3. The molecule has 0 unspecified atom stereocenters. The van der Waals surface area contributed by atoms with Gasteiger partial charge in [0.05, 0.1) is 6.61 Å². The molecular weight excluding hydrogens is 266 g/mol. The van der Waals surface area contributed by atoms with Crippen molar-refractivity contribution in [3.8, 4) is 5.88 Å². The molecule has 106 valence electrons. The van der Waals surface area contributed by atoms with Gasteiger partial charge in [0.15, 0.2) is 0 Å². The fraction of sp³-hybridized carbons (Fsp3) is 0.125. The van der Waals surface area contributed by atoms with Crippen LogP contribution in [-0.4, -0.2) is 22.5 Å². The summed E-state index contributed by atoms with van der Waals surface area (Å²) >= 11 is 0. The number of amides is 1. The second-order valence-corrected chi connectivity index (χ2v) is 4.52. The quantitative estimate of drug-likeness (QED) is 0.771. The molecule has 0 saturated carbocycles. The van der Waals surface area contributed by atoms with Crippen molar-refractivity contribution >= 4 is 22.5 Å². The maximum Gasteiger partial charge on any atom is 0.255 e. The zero-order chi connectivity index (χ0) is 14.7. The molecule has 0 bridgehead atoms. The van der Waals surface area contributed by atoms with Gasteiger partial charge in [-0.1, -0.05) is 0 Å². The van der Waals surface area contributed by atoms with Crippen LogP contribution in [0.5, 0.6) is 5.88 Å². The summed E-state index contributed by atoms with van der Waals surface area (Å²) in [5, 5.41) is 3.83. The number of hydrogen-bond acceptors (Lipinski definition) is 3. The maximum atomic E-state index is 12.3. The molecule has 0 aliphatic carbocycles. The minimum absolute atomic E-state index is 0.188. The summed E-state index contributed by atoms with van der Waals surface area (Å²) in [5.74, 6) is 0.239. The van der Waals surface area contributed by atoms with E-state index in [1.54, 1.807) is 24.4 Å². The Balaban J connectivity index is 1.85. The first kappa shape index (κ1) is 13.2. The van der Waals surface area contributed by atoms with Crippen LogP contribution in [0.3, 0.4) is 0 Å². The van der Waals surface area contributed by atoms with Crippen molar-refractivity contribution in [1.29, 1.82) is 0 Å². The van der Waals surface area contributed by atoms with E-state index in [4.69, 9.17) is 4.74 Å². The summed E-state index contributed by atoms with van der Waals surface area (Å²) in [5.41, 5.74) is 2.16. The Bertz CT molecular complexity index is 780. The van der Waals surface area contributed by atoms with Crippen LogP contribution in [0.25, 0.3) is 10.9 Å². The van der Waals surface area contributed by atoms with Crippen molar-refractivity contribution in [3.05, 3.63) is 54.4 Å². The van der Waals surface area contributed by atoms with Crippen LogP contribution in [0.15, 0.2) is 48.8 Å². The minimum atomic E-state index is -0.188. The van der Waals surface area contributed by atoms with Crippen molar-refractivity contribution in [1.82, 2.24) is 9.97 Å². The number of hydrogen-bond donors (Lipinski definition) is 2. The van der Waals surface area contributed by atoms with E-state index < -0.39 is 0 Å². The lowest BCUT2D eigenvalue weighted by atomic mass is 10.1. The lowest BCUT2D eigenvalue weighted by Crippen LogP contribution is -2.13. The fourth-order valence-corrected chi connectivity index (χ4v) is 2.13. The van der Waals surface area contributed by atoms with Gasteiger partial charge < -0.3 is 15.0 Å². The molecule has 0 aliphatic heterocycles. The highest BCUT2D eigenvalue weighted by Crippen LogP contribution is 2.22. The van der Waals surface area contributed by atoms with E-state index >= 15 is 0 Å². The number of carbonyl (C=O) groups excluding carboxylic acids is 1. The van der Waals surface area contributed by atoms with Crippen LogP contribution in [0.2, 0.25) is 0 Å². The third-order valence-corrected chi connectivity index (χ3v) is 3.12. The first-order valence-corrected chi connectivity index (χ1v) is 6.74. The summed E-state index contributed by atoms with van der Waals surface area (Å²) < 4.78 is 5.40. The van der Waals surface area contributed by atoms with Gasteiger partial charge >= 0.3 is 0 Å². The SMILES string of the molecule is CCOc1ncccc1NC(=O)c1ccc2[nH]ccc2c1. The molecule has 0 saturated heterocycles. The van der Waals surface area contributed by atoms with Gasteiger partial charge in [-0.25, -0.2) is 4.98 Å². The van der Waals surface area contributed by atoms with Crippen molar-refractivity contribution in [2.24, 2.45) is 0 Å². The Kier molecular flexibility index (Phi) is 3.55. The van der Waals surface area contributed by atoms with Crippen LogP contribution in [0, 0.1) is 0 Å². The number of nitrogens with one attached hydrogen (secondary N) is 2. The van der Waals surface area contributed by atoms with Gasteiger partial charge in [-0.05, 0) is 43.3 Å². The molecule has 0 spiro atoms. The van der Waals surface area contributed by atoms with Gasteiger partial charge in [0.2, 0.25) is 5.88 Å². The Morgan fingerprint density at radius 2 is 2.24 bits per heavy atom. The Hall–Kier alpha value is -2.82. The number of rotatable bonds is 4. The van der Waals surface area contributed by atoms with Crippen LogP contribution in [0.1, 0.15) is 17.3 Å². The number of aromatic nitrogens is 2. The van der Waals surface area contributed by atoms with E-state index in [2.05, 4.69) is 15.3 Å². The number of pyridine rings is 1. The number of carbonyl (C=O) groups is 1. The smallest absolute Gasteiger partial charge is 0.255 e. The molecular formula is C16H15N3O2. The Morgan fingerprint density at radius 3 is 3.10 bits per heavy atom. The van der Waals surface area contributed by atoms with Crippen LogP contribution in [0.4, 0.5) is 5.69 Å². The Morgan fingerprint density at radius 1 is 1.33 bits per heavy atom. The zero-order valence-electron chi connectivity index (χ0n) is 11.6. The number of ether oxygens (including phenoxy) is 1. The first-order valence-electron chi connectivity index (χ1n) is 6.74. The van der Waals surface area contributed by atoms with Gasteiger partial charge in [0.25, 0.3) is 5.91 Å². The summed E-state index contributed by atoms with van der Waals surface area (Å²) in [6, 6.07) is 11.0. The number of anilines is 1. The molecule has 5 nitrogen and oxygen atoms in total. The number of nitrogens with zero attached hydrogens (tertiary/aromatic N) is 1. The molecule has 2 N–H and O–H groups in total. The summed E-state index contributed by atoms with van der Waals surface area (Å²) in [6.45, 7) is 2.37. The third kappa shape index (κ3) is 2.72. The lowest BCUT2D eigenvalue weighted by molar-refractivity contribution is 0.102. The molecule has 3 aromatic rings. The molecule has 2 aromatic heterocycles. The molecule has 5 heteroatoms. The Labute approximate surface area is 122 Å². The van der Waals surface area contributed by atoms with E-state index in [9.17, 15) is 4.79 Å². The summed E-state index contributed by atoms with van der Waals surface area (Å²) in [6.07, 6.45) is 3.48. The lowest BCUT2D eigenvalue weighted by Gasteiger charge is -2.10. The number of aromatic amines is 1. The van der Waals surface area contributed by atoms with E-state index in [1.807, 2.05) is 31.3 Å². The van der Waals surface area contributed by atoms with Crippen molar-refractivity contribution in [2.75, 3.05) is 11.9 Å². The topological polar surface area (TPSA) is 67.0 Å². The van der Waals surface area contributed by atoms with Gasteiger partial charge in [0.1, 0.15) is 5.69 Å². The molecule has 0 aliphatic rings. The number of fused-ring (bicyclic) bond motifs is 1. The monoisotopic (exact) mass is 281 g/mol. The molecule has 1 amide bonds. The zero-order valence-corrected chi connectivity index (χ0v) is 11.6. The highest BCUT2D eigenvalue weighted by atomic mass is 16.5. The van der Waals surface area contributed by atoms with Gasteiger partial charge in [-0.2, -0.15) is 0 Å². The van der Waals surface area contributed by atoms with Crippen molar-refractivity contribution in [2.45, 2.75) is 6.92 Å². The van der Waals surface area contributed by atoms with Crippen LogP contribution < -0.4 is 10.1 Å². The number of benzene rings is 1. The highest BCUT2D eigenvalue weighted by Gasteiger charge is 2.11. The van der Waals surface area contributed by atoms with Gasteiger partial charge in [-0.15, -0.1) is 0 Å². The molecule has 0 radical (unpaired) electrons. The van der Waals surface area contributed by atoms with E-state index in [0.717, 1.165) is 10.9 Å². The molecule has 2 heterocycles. The van der Waals surface area contributed by atoms with Crippen molar-refractivity contribution in [3.63, 3.8) is 0 Å². The minimum Gasteiger partial charge on any atom is -0.476 e. The average molecular weight is 281 g/mol. The molecule has 21 heavy (non-hydrogen) atoms. The third-order valence-electron chi connectivity index (χ3n) is 3.12. The second kappa shape index (κ2) is 5.66. The second-order valence-electron chi connectivity index (χ2n) is 4.52. The maximum absolute atomic E-state index is 12.3. The summed E-state index contributed by atoms with van der Waals surface area (Å²) in [7, 11) is 0. The molecule has 0 atom stereocenters. The van der Waals surface area contributed by atoms with Gasteiger partial charge in [-0.3, -0.25) is 4.79 Å². The normalized spacial score (nSPS) is 10.5. The van der Waals surface area contributed by atoms with E-state index in [0.29, 0.717) is 23.7 Å². The van der Waals surface area contributed by atoms with Crippen LogP contribution in [-0.2, 0) is 0 Å². The average Bonchev–Trinajstić information content (AvgIpc) is 2.97. The molecule has 1 aromatic carbocycles. The van der Waals surface area contributed by atoms with E-state index in [-0.39, 0.29) is 5.91 Å². The highest BCUT2D eigenvalue weighted by molar-refractivity contribution is 6.06. The fourth-order valence-electron chi connectivity index (χ4n) is 2.13. The van der Waals surface area contributed by atoms with E-state index in [1.165, 1.54) is 0 Å². The summed E-state index contributed by atoms with van der Waals surface area (Å²) in [4.78, 5) is 19.5.